The number of amides is 4. The molecule has 1 atom stereocenters. The number of nitrogens with zero attached hydrogens (tertiary/aromatic N) is 2. The Hall–Kier alpha value is -2.38. The average molecular weight is 345 g/mol. The standard InChI is InChI=1S/C17H23N5O3/c1-10-8-22-9-12(2-3-13(22)18-10)19-14(23)11-4-6-17(7-5-11)15(24)20-16(25)21-17/h8,11-12H,2-7,9H2,1H3,(H,19,23)(H2,20,21,24,25)/t11?,12-,17?/m1/s1. The number of hydrogen-bond donors (Lipinski definition) is 3. The molecule has 1 aliphatic carbocycles. The lowest BCUT2D eigenvalue weighted by molar-refractivity contribution is -0.131. The molecule has 2 fully saturated rings. The minimum absolute atomic E-state index is 0.0601. The molecule has 1 saturated carbocycles. The zero-order valence-corrected chi connectivity index (χ0v) is 14.3. The summed E-state index contributed by atoms with van der Waals surface area (Å²) < 4.78 is 2.12. The summed E-state index contributed by atoms with van der Waals surface area (Å²) in [6, 6.07) is -0.305. The topological polar surface area (TPSA) is 105 Å². The molecule has 8 heteroatoms. The van der Waals surface area contributed by atoms with Crippen molar-refractivity contribution in [3.8, 4) is 0 Å². The first-order valence-corrected chi connectivity index (χ1v) is 8.92. The highest BCUT2D eigenvalue weighted by Gasteiger charge is 2.49. The summed E-state index contributed by atoms with van der Waals surface area (Å²) in [4.78, 5) is 40.4. The van der Waals surface area contributed by atoms with Crippen molar-refractivity contribution in [3.05, 3.63) is 17.7 Å². The third-order valence-corrected chi connectivity index (χ3v) is 5.68. The van der Waals surface area contributed by atoms with Crippen molar-refractivity contribution < 1.29 is 14.4 Å². The van der Waals surface area contributed by atoms with Crippen LogP contribution in [0.25, 0.3) is 0 Å². The monoisotopic (exact) mass is 345 g/mol. The predicted octanol–water partition coefficient (Wildman–Crippen LogP) is 0.391. The summed E-state index contributed by atoms with van der Waals surface area (Å²) in [6.07, 6.45) is 6.05. The number of hydrogen-bond acceptors (Lipinski definition) is 4. The van der Waals surface area contributed by atoms with Crippen molar-refractivity contribution in [3.63, 3.8) is 0 Å². The zero-order valence-electron chi connectivity index (χ0n) is 14.3. The Morgan fingerprint density at radius 2 is 2.08 bits per heavy atom. The van der Waals surface area contributed by atoms with Crippen LogP contribution in [0.15, 0.2) is 6.20 Å². The fourth-order valence-corrected chi connectivity index (χ4v) is 4.28. The number of fused-ring (bicyclic) bond motifs is 1. The quantitative estimate of drug-likeness (QED) is 0.674. The highest BCUT2D eigenvalue weighted by molar-refractivity contribution is 6.07. The minimum atomic E-state index is -0.804. The molecule has 1 spiro atoms. The number of imidazole rings is 1. The SMILES string of the molecule is Cc1cn2c(n1)CC[C@@H](NC(=O)C1CCC3(CC1)NC(=O)NC3=O)C2. The Balaban J connectivity index is 1.33. The van der Waals surface area contributed by atoms with E-state index in [0.717, 1.165) is 30.9 Å². The van der Waals surface area contributed by atoms with Gasteiger partial charge in [0.2, 0.25) is 5.91 Å². The molecule has 4 amide bonds. The van der Waals surface area contributed by atoms with E-state index < -0.39 is 11.6 Å². The maximum absolute atomic E-state index is 12.6. The lowest BCUT2D eigenvalue weighted by Gasteiger charge is -2.35. The summed E-state index contributed by atoms with van der Waals surface area (Å²) in [6.45, 7) is 2.74. The Kier molecular flexibility index (Phi) is 3.77. The lowest BCUT2D eigenvalue weighted by Crippen LogP contribution is -2.51. The van der Waals surface area contributed by atoms with Gasteiger partial charge in [0, 0.05) is 31.1 Å². The van der Waals surface area contributed by atoms with Crippen molar-refractivity contribution in [1.82, 2.24) is 25.5 Å². The Morgan fingerprint density at radius 3 is 2.76 bits per heavy atom. The first kappa shape index (κ1) is 16.1. The fourth-order valence-electron chi connectivity index (χ4n) is 4.28. The van der Waals surface area contributed by atoms with Crippen LogP contribution >= 0.6 is 0 Å². The third kappa shape index (κ3) is 2.89. The van der Waals surface area contributed by atoms with Crippen molar-refractivity contribution >= 4 is 17.8 Å². The van der Waals surface area contributed by atoms with Crippen LogP contribution < -0.4 is 16.0 Å². The molecular weight excluding hydrogens is 322 g/mol. The van der Waals surface area contributed by atoms with E-state index in [1.165, 1.54) is 0 Å². The number of urea groups is 1. The van der Waals surface area contributed by atoms with Gasteiger partial charge in [-0.3, -0.25) is 14.9 Å². The maximum Gasteiger partial charge on any atom is 0.322 e. The Bertz CT molecular complexity index is 733. The molecule has 1 aromatic heterocycles. The molecule has 4 rings (SSSR count). The van der Waals surface area contributed by atoms with E-state index in [9.17, 15) is 14.4 Å². The van der Waals surface area contributed by atoms with E-state index in [0.29, 0.717) is 25.7 Å². The Morgan fingerprint density at radius 1 is 1.32 bits per heavy atom. The molecule has 0 bridgehead atoms. The number of nitrogens with one attached hydrogen (secondary N) is 3. The molecular formula is C17H23N5O3. The van der Waals surface area contributed by atoms with Crippen molar-refractivity contribution in [2.45, 2.75) is 63.6 Å². The second-order valence-corrected chi connectivity index (χ2v) is 7.46. The van der Waals surface area contributed by atoms with E-state index >= 15 is 0 Å². The molecule has 8 nitrogen and oxygen atoms in total. The van der Waals surface area contributed by atoms with E-state index in [4.69, 9.17) is 0 Å². The summed E-state index contributed by atoms with van der Waals surface area (Å²) in [7, 11) is 0. The first-order valence-electron chi connectivity index (χ1n) is 8.92. The molecule has 2 aliphatic heterocycles. The molecule has 3 aliphatic rings. The van der Waals surface area contributed by atoms with Gasteiger partial charge in [-0.2, -0.15) is 0 Å². The van der Waals surface area contributed by atoms with Gasteiger partial charge >= 0.3 is 6.03 Å². The molecule has 134 valence electrons. The van der Waals surface area contributed by atoms with Gasteiger partial charge in [-0.1, -0.05) is 0 Å². The van der Waals surface area contributed by atoms with Crippen LogP contribution in [0.3, 0.4) is 0 Å². The van der Waals surface area contributed by atoms with Gasteiger partial charge in [0.25, 0.3) is 5.91 Å². The Labute approximate surface area is 145 Å². The number of rotatable bonds is 2. The van der Waals surface area contributed by atoms with Crippen LogP contribution in [0.1, 0.15) is 43.6 Å². The van der Waals surface area contributed by atoms with Gasteiger partial charge in [-0.05, 0) is 39.0 Å². The van der Waals surface area contributed by atoms with E-state index in [2.05, 4.69) is 25.5 Å². The van der Waals surface area contributed by atoms with Crippen LogP contribution in [0.2, 0.25) is 0 Å². The van der Waals surface area contributed by atoms with Crippen molar-refractivity contribution in [1.29, 1.82) is 0 Å². The van der Waals surface area contributed by atoms with E-state index in [1.54, 1.807) is 0 Å². The van der Waals surface area contributed by atoms with Gasteiger partial charge < -0.3 is 15.2 Å². The maximum atomic E-state index is 12.6. The van der Waals surface area contributed by atoms with Crippen LogP contribution in [0.4, 0.5) is 4.79 Å². The largest absolute Gasteiger partial charge is 0.351 e. The molecule has 0 aromatic carbocycles. The van der Waals surface area contributed by atoms with Crippen molar-refractivity contribution in [2.75, 3.05) is 0 Å². The normalized spacial score (nSPS) is 31.4. The number of imide groups is 1. The number of aromatic nitrogens is 2. The minimum Gasteiger partial charge on any atom is -0.351 e. The second kappa shape index (κ2) is 5.86. The molecule has 0 unspecified atom stereocenters. The third-order valence-electron chi connectivity index (χ3n) is 5.68. The number of carbonyl (C=O) groups excluding carboxylic acids is 3. The van der Waals surface area contributed by atoms with Crippen LogP contribution in [0.5, 0.6) is 0 Å². The van der Waals surface area contributed by atoms with Crippen LogP contribution in [-0.2, 0) is 22.6 Å². The number of carbonyl (C=O) groups is 3. The fraction of sp³-hybridized carbons (Fsp3) is 0.647. The number of aryl methyl sites for hydroxylation is 2. The van der Waals surface area contributed by atoms with Gasteiger partial charge in [-0.25, -0.2) is 9.78 Å². The van der Waals surface area contributed by atoms with Gasteiger partial charge in [-0.15, -0.1) is 0 Å². The lowest BCUT2D eigenvalue weighted by atomic mass is 9.76. The van der Waals surface area contributed by atoms with Crippen molar-refractivity contribution in [2.24, 2.45) is 5.92 Å². The van der Waals surface area contributed by atoms with E-state index in [-0.39, 0.29) is 23.8 Å². The van der Waals surface area contributed by atoms with Crippen LogP contribution in [0, 0.1) is 12.8 Å². The zero-order chi connectivity index (χ0) is 17.6. The smallest absolute Gasteiger partial charge is 0.322 e. The van der Waals surface area contributed by atoms with Gasteiger partial charge in [0.15, 0.2) is 0 Å². The van der Waals surface area contributed by atoms with E-state index in [1.807, 2.05) is 13.1 Å². The summed E-state index contributed by atoms with van der Waals surface area (Å²) in [5.74, 6) is 0.795. The molecule has 3 N–H and O–H groups in total. The molecule has 3 heterocycles. The summed E-state index contributed by atoms with van der Waals surface area (Å²) >= 11 is 0. The first-order chi connectivity index (χ1) is 11.9. The average Bonchev–Trinajstić information content (AvgIpc) is 3.06. The summed E-state index contributed by atoms with van der Waals surface area (Å²) in [5, 5.41) is 8.19. The molecule has 0 radical (unpaired) electrons. The highest BCUT2D eigenvalue weighted by atomic mass is 16.2. The predicted molar refractivity (Wildman–Crippen MR) is 88.6 cm³/mol. The highest BCUT2D eigenvalue weighted by Crippen LogP contribution is 2.34. The molecule has 1 saturated heterocycles. The van der Waals surface area contributed by atoms with Crippen LogP contribution in [-0.4, -0.2) is 39.0 Å². The molecule has 25 heavy (non-hydrogen) atoms. The summed E-state index contributed by atoms with van der Waals surface area (Å²) in [5.41, 5.74) is 0.207. The van der Waals surface area contributed by atoms with Gasteiger partial charge in [0.05, 0.1) is 5.69 Å². The molecule has 1 aromatic rings. The second-order valence-electron chi connectivity index (χ2n) is 7.46. The van der Waals surface area contributed by atoms with Gasteiger partial charge in [0.1, 0.15) is 11.4 Å².